The average Bonchev–Trinajstić information content (AvgIpc) is 2.70. The lowest BCUT2D eigenvalue weighted by Crippen LogP contribution is -2.27. The van der Waals surface area contributed by atoms with Crippen molar-refractivity contribution >= 4 is 38.5 Å². The Balaban J connectivity index is 1.90. The third-order valence-electron chi connectivity index (χ3n) is 4.87. The maximum Gasteiger partial charge on any atom is 0.261 e. The molecule has 1 aliphatic rings. The number of hydrogen-bond acceptors (Lipinski definition) is 5. The standard InChI is InChI=1S/C21H19BrN2O4/c1-27-17-9-12(10-18(28-2)19(17)25)8-13-4-3-7-24-20(13)23-16-6-5-14(22)11-15(16)21(24)26/h5-6,8-11,25H,3-4,7H2,1-2H3/b13-8+. The van der Waals surface area contributed by atoms with Crippen LogP contribution >= 0.6 is 15.9 Å². The van der Waals surface area contributed by atoms with Gasteiger partial charge in [-0.25, -0.2) is 4.98 Å². The number of ether oxygens (including phenoxy) is 2. The minimum absolute atomic E-state index is 0.0345. The number of aromatic nitrogens is 2. The predicted molar refractivity (Wildman–Crippen MR) is 112 cm³/mol. The summed E-state index contributed by atoms with van der Waals surface area (Å²) in [5, 5.41) is 10.7. The van der Waals surface area contributed by atoms with Crippen LogP contribution in [0.4, 0.5) is 0 Å². The van der Waals surface area contributed by atoms with Crippen LogP contribution in [0.3, 0.4) is 0 Å². The average molecular weight is 443 g/mol. The second kappa shape index (κ2) is 7.31. The van der Waals surface area contributed by atoms with Crippen molar-refractivity contribution < 1.29 is 14.6 Å². The fraction of sp³-hybridized carbons (Fsp3) is 0.238. The summed E-state index contributed by atoms with van der Waals surface area (Å²) in [7, 11) is 2.99. The number of phenols is 1. The van der Waals surface area contributed by atoms with E-state index in [1.165, 1.54) is 14.2 Å². The van der Waals surface area contributed by atoms with Gasteiger partial charge in [-0.2, -0.15) is 0 Å². The smallest absolute Gasteiger partial charge is 0.261 e. The number of halogens is 1. The van der Waals surface area contributed by atoms with Crippen LogP contribution < -0.4 is 15.0 Å². The monoisotopic (exact) mass is 442 g/mol. The van der Waals surface area contributed by atoms with Gasteiger partial charge in [0.15, 0.2) is 11.5 Å². The Hall–Kier alpha value is -2.80. The summed E-state index contributed by atoms with van der Waals surface area (Å²) in [6.07, 6.45) is 3.62. The van der Waals surface area contributed by atoms with Crippen LogP contribution in [0.5, 0.6) is 17.2 Å². The SMILES string of the molecule is COc1cc(/C=C2\CCCn3c2nc2ccc(Br)cc2c3=O)cc(OC)c1O. The molecule has 0 saturated heterocycles. The lowest BCUT2D eigenvalue weighted by Gasteiger charge is -2.21. The minimum atomic E-state index is -0.0397. The molecule has 0 spiro atoms. The number of nitrogens with zero attached hydrogens (tertiary/aromatic N) is 2. The van der Waals surface area contributed by atoms with Crippen molar-refractivity contribution in [2.45, 2.75) is 19.4 Å². The molecule has 144 valence electrons. The first-order chi connectivity index (χ1) is 13.5. The number of allylic oxidation sites excluding steroid dienone is 1. The molecule has 1 aliphatic heterocycles. The molecule has 2 aromatic carbocycles. The molecule has 0 fully saturated rings. The van der Waals surface area contributed by atoms with Crippen LogP contribution in [0.2, 0.25) is 0 Å². The maximum atomic E-state index is 13.0. The molecule has 6 nitrogen and oxygen atoms in total. The molecule has 7 heteroatoms. The molecule has 0 radical (unpaired) electrons. The van der Waals surface area contributed by atoms with Gasteiger partial charge in [0.1, 0.15) is 5.82 Å². The summed E-state index contributed by atoms with van der Waals surface area (Å²) in [6, 6.07) is 9.01. The Kier molecular flexibility index (Phi) is 4.85. The number of methoxy groups -OCH3 is 2. The van der Waals surface area contributed by atoms with E-state index in [0.29, 0.717) is 34.8 Å². The van der Waals surface area contributed by atoms with Gasteiger partial charge in [0, 0.05) is 11.0 Å². The van der Waals surface area contributed by atoms with Crippen LogP contribution in [-0.2, 0) is 6.54 Å². The molecule has 28 heavy (non-hydrogen) atoms. The second-order valence-corrected chi connectivity index (χ2v) is 7.52. The van der Waals surface area contributed by atoms with Gasteiger partial charge in [-0.15, -0.1) is 0 Å². The molecule has 0 atom stereocenters. The highest BCUT2D eigenvalue weighted by atomic mass is 79.9. The van der Waals surface area contributed by atoms with E-state index in [2.05, 4.69) is 15.9 Å². The quantitative estimate of drug-likeness (QED) is 0.657. The highest BCUT2D eigenvalue weighted by Gasteiger charge is 2.20. The first-order valence-electron chi connectivity index (χ1n) is 8.88. The number of hydrogen-bond donors (Lipinski definition) is 1. The Morgan fingerprint density at radius 1 is 1.18 bits per heavy atom. The Morgan fingerprint density at radius 3 is 2.57 bits per heavy atom. The van der Waals surface area contributed by atoms with Crippen molar-refractivity contribution in [1.82, 2.24) is 9.55 Å². The third kappa shape index (κ3) is 3.16. The summed E-state index contributed by atoms with van der Waals surface area (Å²) in [6.45, 7) is 0.642. The molecule has 0 saturated carbocycles. The summed E-state index contributed by atoms with van der Waals surface area (Å²) in [5.74, 6) is 1.30. The van der Waals surface area contributed by atoms with Gasteiger partial charge in [0.2, 0.25) is 5.75 Å². The maximum absolute atomic E-state index is 13.0. The van der Waals surface area contributed by atoms with E-state index in [0.717, 1.165) is 28.5 Å². The van der Waals surface area contributed by atoms with E-state index in [1.54, 1.807) is 16.7 Å². The molecular formula is C21H19BrN2O4. The van der Waals surface area contributed by atoms with Gasteiger partial charge in [0.25, 0.3) is 5.56 Å². The molecule has 0 bridgehead atoms. The largest absolute Gasteiger partial charge is 0.502 e. The molecule has 0 unspecified atom stereocenters. The number of rotatable bonds is 3. The van der Waals surface area contributed by atoms with Gasteiger partial charge in [0.05, 0.1) is 25.1 Å². The van der Waals surface area contributed by atoms with E-state index in [9.17, 15) is 9.90 Å². The Labute approximate surface area is 170 Å². The Morgan fingerprint density at radius 2 is 1.89 bits per heavy atom. The lowest BCUT2D eigenvalue weighted by atomic mass is 10.0. The summed E-state index contributed by atoms with van der Waals surface area (Å²) < 4.78 is 13.1. The number of benzene rings is 2. The topological polar surface area (TPSA) is 73.6 Å². The minimum Gasteiger partial charge on any atom is -0.502 e. The van der Waals surface area contributed by atoms with Crippen molar-refractivity contribution in [2.24, 2.45) is 0 Å². The van der Waals surface area contributed by atoms with Gasteiger partial charge in [-0.1, -0.05) is 15.9 Å². The van der Waals surface area contributed by atoms with Crippen molar-refractivity contribution in [3.05, 3.63) is 56.5 Å². The Bertz CT molecular complexity index is 1140. The van der Waals surface area contributed by atoms with Gasteiger partial charge < -0.3 is 14.6 Å². The highest BCUT2D eigenvalue weighted by Crippen LogP contribution is 2.38. The van der Waals surface area contributed by atoms with E-state index < -0.39 is 0 Å². The van der Waals surface area contributed by atoms with E-state index >= 15 is 0 Å². The van der Waals surface area contributed by atoms with Crippen molar-refractivity contribution in [3.63, 3.8) is 0 Å². The molecule has 0 amide bonds. The van der Waals surface area contributed by atoms with Crippen molar-refractivity contribution in [3.8, 4) is 17.2 Å². The van der Waals surface area contributed by atoms with Crippen LogP contribution in [0.25, 0.3) is 22.6 Å². The first-order valence-corrected chi connectivity index (χ1v) is 9.67. The second-order valence-electron chi connectivity index (χ2n) is 6.60. The molecule has 4 rings (SSSR count). The van der Waals surface area contributed by atoms with Crippen molar-refractivity contribution in [1.29, 1.82) is 0 Å². The van der Waals surface area contributed by atoms with E-state index in [4.69, 9.17) is 14.5 Å². The molecule has 1 aromatic heterocycles. The molecule has 1 N–H and O–H groups in total. The van der Waals surface area contributed by atoms with Gasteiger partial charge in [-0.05, 0) is 60.4 Å². The highest BCUT2D eigenvalue weighted by molar-refractivity contribution is 9.10. The normalized spacial score (nSPS) is 14.9. The summed E-state index contributed by atoms with van der Waals surface area (Å²) in [5.41, 5.74) is 2.41. The van der Waals surface area contributed by atoms with E-state index in [1.807, 2.05) is 24.3 Å². The summed E-state index contributed by atoms with van der Waals surface area (Å²) >= 11 is 3.42. The zero-order valence-electron chi connectivity index (χ0n) is 15.5. The fourth-order valence-electron chi connectivity index (χ4n) is 3.52. The van der Waals surface area contributed by atoms with Crippen LogP contribution in [0, 0.1) is 0 Å². The first kappa shape index (κ1) is 18.6. The third-order valence-corrected chi connectivity index (χ3v) is 5.37. The molecular weight excluding hydrogens is 424 g/mol. The number of aromatic hydroxyl groups is 1. The molecule has 2 heterocycles. The van der Waals surface area contributed by atoms with Crippen LogP contribution in [-0.4, -0.2) is 28.9 Å². The van der Waals surface area contributed by atoms with Gasteiger partial charge >= 0.3 is 0 Å². The zero-order valence-corrected chi connectivity index (χ0v) is 17.1. The van der Waals surface area contributed by atoms with Crippen LogP contribution in [0.15, 0.2) is 39.6 Å². The predicted octanol–water partition coefficient (Wildman–Crippen LogP) is 4.22. The van der Waals surface area contributed by atoms with Crippen molar-refractivity contribution in [2.75, 3.05) is 14.2 Å². The molecule has 3 aromatic rings. The lowest BCUT2D eigenvalue weighted by molar-refractivity contribution is 0.340. The summed E-state index contributed by atoms with van der Waals surface area (Å²) in [4.78, 5) is 17.7. The molecule has 0 aliphatic carbocycles. The number of fused-ring (bicyclic) bond motifs is 2. The number of phenolic OH excluding ortho intramolecular Hbond substituents is 1. The fourth-order valence-corrected chi connectivity index (χ4v) is 3.88. The van der Waals surface area contributed by atoms with Crippen LogP contribution in [0.1, 0.15) is 24.2 Å². The van der Waals surface area contributed by atoms with E-state index in [-0.39, 0.29) is 11.3 Å². The zero-order chi connectivity index (χ0) is 19.8. The van der Waals surface area contributed by atoms with Gasteiger partial charge in [-0.3, -0.25) is 9.36 Å².